The molecule has 23 heavy (non-hydrogen) atoms. The fraction of sp³-hybridized carbons (Fsp3) is 0.0952. The largest absolute Gasteiger partial charge is 0.497 e. The molecule has 0 amide bonds. The predicted octanol–water partition coefficient (Wildman–Crippen LogP) is 4.80. The van der Waals surface area contributed by atoms with Crippen molar-refractivity contribution in [2.24, 2.45) is 0 Å². The molecule has 2 nitrogen and oxygen atoms in total. The molecule has 0 heterocycles. The first-order chi connectivity index (χ1) is 11.3. The summed E-state index contributed by atoms with van der Waals surface area (Å²) in [5.41, 5.74) is 2.32. The van der Waals surface area contributed by atoms with Crippen molar-refractivity contribution in [1.82, 2.24) is 0 Å². The lowest BCUT2D eigenvalue weighted by Crippen LogP contribution is -2.30. The number of ether oxygens (including phenoxy) is 2. The van der Waals surface area contributed by atoms with Gasteiger partial charge in [0, 0.05) is 0 Å². The van der Waals surface area contributed by atoms with Crippen molar-refractivity contribution in [2.75, 3.05) is 7.11 Å². The highest BCUT2D eigenvalue weighted by Gasteiger charge is 2.36. The number of methoxy groups -OCH3 is 1. The normalized spacial score (nSPS) is 11.2. The van der Waals surface area contributed by atoms with Gasteiger partial charge in [-0.15, -0.1) is 0 Å². The SMILES string of the molecule is [CH2]OC(c1ccccc1)(c1ccccc1)c1ccc(OC)cc1. The summed E-state index contributed by atoms with van der Waals surface area (Å²) in [4.78, 5) is 0. The Labute approximate surface area is 137 Å². The lowest BCUT2D eigenvalue weighted by molar-refractivity contribution is 0.0917. The average molecular weight is 303 g/mol. The van der Waals surface area contributed by atoms with E-state index in [9.17, 15) is 0 Å². The average Bonchev–Trinajstić information content (AvgIpc) is 2.65. The number of hydrogen-bond acceptors (Lipinski definition) is 2. The second-order valence-corrected chi connectivity index (χ2v) is 5.29. The third kappa shape index (κ3) is 2.73. The Kier molecular flexibility index (Phi) is 4.45. The molecule has 3 rings (SSSR count). The van der Waals surface area contributed by atoms with Crippen molar-refractivity contribution in [3.63, 3.8) is 0 Å². The summed E-state index contributed by atoms with van der Waals surface area (Å²) in [6, 6.07) is 28.2. The van der Waals surface area contributed by atoms with Gasteiger partial charge in [-0.3, -0.25) is 0 Å². The van der Waals surface area contributed by atoms with Crippen LogP contribution in [0.4, 0.5) is 0 Å². The van der Waals surface area contributed by atoms with Crippen molar-refractivity contribution >= 4 is 0 Å². The monoisotopic (exact) mass is 303 g/mol. The Morgan fingerprint density at radius 2 is 1.09 bits per heavy atom. The van der Waals surface area contributed by atoms with Crippen LogP contribution >= 0.6 is 0 Å². The van der Waals surface area contributed by atoms with Crippen molar-refractivity contribution in [1.29, 1.82) is 0 Å². The van der Waals surface area contributed by atoms with E-state index in [1.54, 1.807) is 7.11 Å². The van der Waals surface area contributed by atoms with E-state index < -0.39 is 5.60 Å². The predicted molar refractivity (Wildman–Crippen MR) is 92.2 cm³/mol. The molecule has 1 radical (unpaired) electrons. The molecule has 2 heteroatoms. The summed E-state index contributed by atoms with van der Waals surface area (Å²) in [7, 11) is 5.46. The van der Waals surface area contributed by atoms with Gasteiger partial charge < -0.3 is 9.47 Å². The van der Waals surface area contributed by atoms with Crippen molar-refractivity contribution in [2.45, 2.75) is 5.60 Å². The highest BCUT2D eigenvalue weighted by atomic mass is 16.5. The maximum atomic E-state index is 5.88. The van der Waals surface area contributed by atoms with Gasteiger partial charge in [-0.2, -0.15) is 0 Å². The Morgan fingerprint density at radius 1 is 0.652 bits per heavy atom. The van der Waals surface area contributed by atoms with Gasteiger partial charge in [-0.25, -0.2) is 0 Å². The zero-order valence-corrected chi connectivity index (χ0v) is 13.1. The van der Waals surface area contributed by atoms with E-state index in [4.69, 9.17) is 9.47 Å². The summed E-state index contributed by atoms with van der Waals surface area (Å²) >= 11 is 0. The maximum absolute atomic E-state index is 5.88. The van der Waals surface area contributed by atoms with Crippen molar-refractivity contribution in [3.05, 3.63) is 109 Å². The van der Waals surface area contributed by atoms with E-state index in [2.05, 4.69) is 31.4 Å². The van der Waals surface area contributed by atoms with E-state index >= 15 is 0 Å². The third-order valence-electron chi connectivity index (χ3n) is 4.07. The van der Waals surface area contributed by atoms with E-state index in [1.165, 1.54) is 0 Å². The minimum absolute atomic E-state index is 0.755. The van der Waals surface area contributed by atoms with Crippen LogP contribution in [0.5, 0.6) is 5.75 Å². The first-order valence-corrected chi connectivity index (χ1v) is 7.50. The Morgan fingerprint density at radius 3 is 1.48 bits per heavy atom. The topological polar surface area (TPSA) is 18.5 Å². The molecule has 0 aliphatic carbocycles. The number of hydrogen-bond donors (Lipinski definition) is 0. The molecule has 0 saturated heterocycles. The van der Waals surface area contributed by atoms with Crippen LogP contribution in [0, 0.1) is 7.11 Å². The van der Waals surface area contributed by atoms with Gasteiger partial charge in [0.05, 0.1) is 14.2 Å². The highest BCUT2D eigenvalue weighted by molar-refractivity contribution is 5.48. The molecule has 0 aliphatic rings. The summed E-state index contributed by atoms with van der Waals surface area (Å²) < 4.78 is 11.1. The van der Waals surface area contributed by atoms with E-state index in [1.807, 2.05) is 60.7 Å². The van der Waals surface area contributed by atoms with Crippen molar-refractivity contribution < 1.29 is 9.47 Å². The molecule has 0 unspecified atom stereocenters. The lowest BCUT2D eigenvalue weighted by atomic mass is 9.80. The van der Waals surface area contributed by atoms with Gasteiger partial charge in [-0.1, -0.05) is 72.8 Å². The quantitative estimate of drug-likeness (QED) is 0.631. The molecule has 0 bridgehead atoms. The first-order valence-electron chi connectivity index (χ1n) is 7.50. The summed E-state index contributed by atoms with van der Waals surface area (Å²) in [5.74, 6) is 0.813. The molecule has 0 spiro atoms. The van der Waals surface area contributed by atoms with Crippen LogP contribution in [0.25, 0.3) is 0 Å². The third-order valence-corrected chi connectivity index (χ3v) is 4.07. The minimum atomic E-state index is -0.755. The summed E-state index contributed by atoms with van der Waals surface area (Å²) in [6.07, 6.45) is 0. The Balaban J connectivity index is 2.24. The molecular formula is C21H19O2. The molecule has 3 aromatic rings. The molecule has 0 aliphatic heterocycles. The Hall–Kier alpha value is -2.58. The summed E-state index contributed by atoms with van der Waals surface area (Å²) in [6.45, 7) is 0. The molecular weight excluding hydrogens is 284 g/mol. The number of benzene rings is 3. The van der Waals surface area contributed by atoms with Gasteiger partial charge in [0.15, 0.2) is 0 Å². The Bertz CT molecular complexity index is 694. The van der Waals surface area contributed by atoms with Crippen LogP contribution in [-0.4, -0.2) is 7.11 Å². The molecule has 0 saturated carbocycles. The molecule has 115 valence electrons. The van der Waals surface area contributed by atoms with E-state index in [0.29, 0.717) is 0 Å². The number of rotatable bonds is 5. The summed E-state index contributed by atoms with van der Waals surface area (Å²) in [5, 5.41) is 0. The van der Waals surface area contributed by atoms with Crippen molar-refractivity contribution in [3.8, 4) is 5.75 Å². The van der Waals surface area contributed by atoms with E-state index in [0.717, 1.165) is 22.4 Å². The van der Waals surface area contributed by atoms with Crippen LogP contribution in [0.3, 0.4) is 0 Å². The van der Waals surface area contributed by atoms with Gasteiger partial charge in [0.25, 0.3) is 0 Å². The van der Waals surface area contributed by atoms with Crippen LogP contribution < -0.4 is 4.74 Å². The zero-order chi connectivity index (χ0) is 16.1. The van der Waals surface area contributed by atoms with Gasteiger partial charge in [0.2, 0.25) is 0 Å². The molecule has 0 fully saturated rings. The van der Waals surface area contributed by atoms with Gasteiger partial charge in [-0.05, 0) is 28.8 Å². The second kappa shape index (κ2) is 6.67. The highest BCUT2D eigenvalue weighted by Crippen LogP contribution is 2.40. The van der Waals surface area contributed by atoms with Gasteiger partial charge in [0.1, 0.15) is 11.4 Å². The van der Waals surface area contributed by atoms with Crippen LogP contribution in [0.15, 0.2) is 84.9 Å². The molecule has 0 aromatic heterocycles. The minimum Gasteiger partial charge on any atom is -0.497 e. The lowest BCUT2D eigenvalue weighted by Gasteiger charge is -2.34. The first kappa shape index (κ1) is 15.3. The molecule has 0 atom stereocenters. The molecule has 0 N–H and O–H groups in total. The van der Waals surface area contributed by atoms with Crippen LogP contribution in [-0.2, 0) is 10.3 Å². The standard InChI is InChI=1S/C21H19O2/c1-22-20-15-13-19(14-16-20)21(23-2,17-9-5-3-6-10-17)18-11-7-4-8-12-18/h3-16H,2H2,1H3. The second-order valence-electron chi connectivity index (χ2n) is 5.29. The van der Waals surface area contributed by atoms with Crippen LogP contribution in [0.2, 0.25) is 0 Å². The van der Waals surface area contributed by atoms with Gasteiger partial charge >= 0.3 is 0 Å². The van der Waals surface area contributed by atoms with E-state index in [-0.39, 0.29) is 0 Å². The fourth-order valence-electron chi connectivity index (χ4n) is 2.92. The fourth-order valence-corrected chi connectivity index (χ4v) is 2.92. The molecule has 3 aromatic carbocycles. The van der Waals surface area contributed by atoms with Crippen LogP contribution in [0.1, 0.15) is 16.7 Å². The smallest absolute Gasteiger partial charge is 0.143 e. The zero-order valence-electron chi connectivity index (χ0n) is 13.1. The maximum Gasteiger partial charge on any atom is 0.143 e.